The first kappa shape index (κ1) is 12.4. The lowest BCUT2D eigenvalue weighted by atomic mass is 10.2. The molecule has 0 aliphatic heterocycles. The zero-order valence-corrected chi connectivity index (χ0v) is 10.9. The van der Waals surface area contributed by atoms with E-state index in [1.165, 1.54) is 18.2 Å². The molecule has 0 aliphatic carbocycles. The highest BCUT2D eigenvalue weighted by Crippen LogP contribution is 2.24. The minimum Gasteiger partial charge on any atom is -0.466 e. The van der Waals surface area contributed by atoms with Gasteiger partial charge in [0.25, 0.3) is 5.91 Å². The second-order valence-electron chi connectivity index (χ2n) is 4.45. The maximum Gasteiger partial charge on any atom is 0.260 e. The van der Waals surface area contributed by atoms with Gasteiger partial charge in [0, 0.05) is 0 Å². The van der Waals surface area contributed by atoms with Crippen LogP contribution in [-0.4, -0.2) is 11.1 Å². The first-order valence-electron chi connectivity index (χ1n) is 5.98. The van der Waals surface area contributed by atoms with E-state index in [4.69, 9.17) is 8.94 Å². The molecule has 2 heterocycles. The lowest BCUT2D eigenvalue weighted by Gasteiger charge is -2.00. The number of carbonyl (C=O) groups excluding carboxylic acids is 1. The molecule has 0 spiro atoms. The van der Waals surface area contributed by atoms with Crippen molar-refractivity contribution in [2.75, 3.05) is 5.32 Å². The SMILES string of the molecule is Cc1cc(C(=O)Nc2noc3ccc(F)cc23)c(C)o1. The second kappa shape index (κ2) is 4.48. The van der Waals surface area contributed by atoms with Crippen molar-refractivity contribution < 1.29 is 18.1 Å². The zero-order chi connectivity index (χ0) is 14.3. The van der Waals surface area contributed by atoms with Crippen LogP contribution in [0.2, 0.25) is 0 Å². The Morgan fingerprint density at radius 3 is 2.80 bits per heavy atom. The fourth-order valence-electron chi connectivity index (χ4n) is 2.03. The molecule has 0 saturated carbocycles. The molecule has 1 amide bonds. The van der Waals surface area contributed by atoms with Crippen LogP contribution in [0, 0.1) is 19.7 Å². The van der Waals surface area contributed by atoms with Gasteiger partial charge in [-0.05, 0) is 38.1 Å². The number of aromatic nitrogens is 1. The Hall–Kier alpha value is -2.63. The summed E-state index contributed by atoms with van der Waals surface area (Å²) >= 11 is 0. The highest BCUT2D eigenvalue weighted by atomic mass is 19.1. The van der Waals surface area contributed by atoms with Gasteiger partial charge in [0.05, 0.1) is 10.9 Å². The predicted molar refractivity (Wildman–Crippen MR) is 70.1 cm³/mol. The number of nitrogens with one attached hydrogen (secondary N) is 1. The molecule has 0 aliphatic rings. The number of hydrogen-bond acceptors (Lipinski definition) is 4. The lowest BCUT2D eigenvalue weighted by molar-refractivity contribution is 0.102. The number of fused-ring (bicyclic) bond motifs is 1. The van der Waals surface area contributed by atoms with E-state index in [-0.39, 0.29) is 11.7 Å². The van der Waals surface area contributed by atoms with Crippen LogP contribution in [0.4, 0.5) is 10.2 Å². The highest BCUT2D eigenvalue weighted by Gasteiger charge is 2.17. The number of aryl methyl sites for hydroxylation is 2. The van der Waals surface area contributed by atoms with Crippen LogP contribution in [0.1, 0.15) is 21.9 Å². The molecule has 5 nitrogen and oxygen atoms in total. The molecule has 0 unspecified atom stereocenters. The first-order valence-corrected chi connectivity index (χ1v) is 5.98. The molecule has 3 rings (SSSR count). The molecule has 20 heavy (non-hydrogen) atoms. The summed E-state index contributed by atoms with van der Waals surface area (Å²) in [5.74, 6) is 0.538. The highest BCUT2D eigenvalue weighted by molar-refractivity contribution is 6.08. The Bertz CT molecular complexity index is 804. The minimum atomic E-state index is -0.425. The van der Waals surface area contributed by atoms with Crippen molar-refractivity contribution in [2.24, 2.45) is 0 Å². The smallest absolute Gasteiger partial charge is 0.260 e. The van der Waals surface area contributed by atoms with E-state index in [9.17, 15) is 9.18 Å². The Morgan fingerprint density at radius 2 is 2.10 bits per heavy atom. The van der Waals surface area contributed by atoms with Crippen molar-refractivity contribution in [3.63, 3.8) is 0 Å². The quantitative estimate of drug-likeness (QED) is 0.777. The molecule has 6 heteroatoms. The van der Waals surface area contributed by atoms with Gasteiger partial charge in [-0.2, -0.15) is 0 Å². The fourth-order valence-corrected chi connectivity index (χ4v) is 2.03. The van der Waals surface area contributed by atoms with Gasteiger partial charge >= 0.3 is 0 Å². The maximum absolute atomic E-state index is 13.2. The molecule has 1 N–H and O–H groups in total. The third-order valence-electron chi connectivity index (χ3n) is 2.95. The molecular formula is C14H11FN2O3. The Labute approximate surface area is 113 Å². The molecule has 0 saturated heterocycles. The topological polar surface area (TPSA) is 68.3 Å². The van der Waals surface area contributed by atoms with Crippen molar-refractivity contribution in [3.05, 3.63) is 47.2 Å². The van der Waals surface area contributed by atoms with E-state index in [2.05, 4.69) is 10.5 Å². The van der Waals surface area contributed by atoms with Crippen LogP contribution in [-0.2, 0) is 0 Å². The zero-order valence-electron chi connectivity index (χ0n) is 10.9. The van der Waals surface area contributed by atoms with Crippen molar-refractivity contribution in [1.29, 1.82) is 0 Å². The van der Waals surface area contributed by atoms with E-state index in [0.29, 0.717) is 28.1 Å². The number of hydrogen-bond donors (Lipinski definition) is 1. The summed E-state index contributed by atoms with van der Waals surface area (Å²) in [7, 11) is 0. The van der Waals surface area contributed by atoms with Gasteiger partial charge in [-0.25, -0.2) is 4.39 Å². The standard InChI is InChI=1S/C14H11FN2O3/c1-7-5-10(8(2)19-7)14(18)16-13-11-6-9(15)3-4-12(11)20-17-13/h3-6H,1-2H3,(H,16,17,18). The molecule has 1 aromatic carbocycles. The number of anilines is 1. The summed E-state index contributed by atoms with van der Waals surface area (Å²) < 4.78 is 23.5. The minimum absolute atomic E-state index is 0.183. The first-order chi connectivity index (χ1) is 9.54. The predicted octanol–water partition coefficient (Wildman–Crippen LogP) is 3.43. The largest absolute Gasteiger partial charge is 0.466 e. The maximum atomic E-state index is 13.2. The van der Waals surface area contributed by atoms with Gasteiger partial charge in [0.1, 0.15) is 17.3 Å². The van der Waals surface area contributed by atoms with Crippen LogP contribution in [0.25, 0.3) is 11.0 Å². The summed E-state index contributed by atoms with van der Waals surface area (Å²) in [4.78, 5) is 12.1. The van der Waals surface area contributed by atoms with Gasteiger partial charge in [-0.15, -0.1) is 0 Å². The third kappa shape index (κ3) is 2.05. The number of carbonyl (C=O) groups is 1. The van der Waals surface area contributed by atoms with Crippen LogP contribution < -0.4 is 5.32 Å². The number of nitrogens with zero attached hydrogens (tertiary/aromatic N) is 1. The molecule has 3 aromatic rings. The Balaban J connectivity index is 1.95. The van der Waals surface area contributed by atoms with Gasteiger partial charge in [-0.3, -0.25) is 4.79 Å². The summed E-state index contributed by atoms with van der Waals surface area (Å²) in [6.07, 6.45) is 0. The molecule has 0 fully saturated rings. The van der Waals surface area contributed by atoms with Crippen molar-refractivity contribution in [3.8, 4) is 0 Å². The van der Waals surface area contributed by atoms with Gasteiger partial charge in [0.2, 0.25) is 0 Å². The number of rotatable bonds is 2. The van der Waals surface area contributed by atoms with Crippen LogP contribution in [0.3, 0.4) is 0 Å². The van der Waals surface area contributed by atoms with Crippen LogP contribution >= 0.6 is 0 Å². The summed E-state index contributed by atoms with van der Waals surface area (Å²) in [5, 5.41) is 6.74. The number of furan rings is 1. The van der Waals surface area contributed by atoms with Gasteiger partial charge < -0.3 is 14.3 Å². The molecule has 0 atom stereocenters. The average Bonchev–Trinajstić information content (AvgIpc) is 2.93. The van der Waals surface area contributed by atoms with E-state index in [1.807, 2.05) is 0 Å². The number of benzene rings is 1. The summed E-state index contributed by atoms with van der Waals surface area (Å²) in [6.45, 7) is 3.45. The Kier molecular flexibility index (Phi) is 2.78. The van der Waals surface area contributed by atoms with Gasteiger partial charge in [-0.1, -0.05) is 5.16 Å². The normalized spacial score (nSPS) is 10.9. The van der Waals surface area contributed by atoms with Crippen LogP contribution in [0.5, 0.6) is 0 Å². The molecule has 2 aromatic heterocycles. The summed E-state index contributed by atoms with van der Waals surface area (Å²) in [6, 6.07) is 5.62. The molecule has 0 radical (unpaired) electrons. The van der Waals surface area contributed by atoms with E-state index in [1.54, 1.807) is 19.9 Å². The lowest BCUT2D eigenvalue weighted by Crippen LogP contribution is -2.12. The Morgan fingerprint density at radius 1 is 1.30 bits per heavy atom. The van der Waals surface area contributed by atoms with Crippen molar-refractivity contribution in [2.45, 2.75) is 13.8 Å². The van der Waals surface area contributed by atoms with E-state index in [0.717, 1.165) is 0 Å². The molecular weight excluding hydrogens is 263 g/mol. The molecule has 0 bridgehead atoms. The van der Waals surface area contributed by atoms with Crippen molar-refractivity contribution >= 4 is 22.7 Å². The number of halogens is 1. The van der Waals surface area contributed by atoms with Gasteiger partial charge in [0.15, 0.2) is 11.4 Å². The summed E-state index contributed by atoms with van der Waals surface area (Å²) in [5.41, 5.74) is 0.817. The second-order valence-corrected chi connectivity index (χ2v) is 4.45. The molecule has 102 valence electrons. The third-order valence-corrected chi connectivity index (χ3v) is 2.95. The monoisotopic (exact) mass is 274 g/mol. The fraction of sp³-hybridized carbons (Fsp3) is 0.143. The van der Waals surface area contributed by atoms with E-state index < -0.39 is 5.82 Å². The number of amides is 1. The van der Waals surface area contributed by atoms with Crippen LogP contribution in [0.15, 0.2) is 33.2 Å². The van der Waals surface area contributed by atoms with E-state index >= 15 is 0 Å². The average molecular weight is 274 g/mol. The van der Waals surface area contributed by atoms with Crippen molar-refractivity contribution in [1.82, 2.24) is 5.16 Å².